The number of hydrogen-bond donors (Lipinski definition) is 1. The molecule has 2 rings (SSSR count). The molecule has 0 radical (unpaired) electrons. The van der Waals surface area contributed by atoms with Crippen molar-refractivity contribution in [1.82, 2.24) is 0 Å². The van der Waals surface area contributed by atoms with E-state index in [9.17, 15) is 0 Å². The van der Waals surface area contributed by atoms with E-state index in [1.165, 1.54) is 0 Å². The molecule has 0 saturated heterocycles. The molecule has 0 amide bonds. The molecule has 19 heavy (non-hydrogen) atoms. The zero-order valence-electron chi connectivity index (χ0n) is 10.6. The van der Waals surface area contributed by atoms with Gasteiger partial charge in [0.25, 0.3) is 0 Å². The summed E-state index contributed by atoms with van der Waals surface area (Å²) in [5.41, 5.74) is 8.15. The third-order valence-electron chi connectivity index (χ3n) is 2.66. The third-order valence-corrected chi connectivity index (χ3v) is 3.70. The summed E-state index contributed by atoms with van der Waals surface area (Å²) in [4.78, 5) is 1.10. The number of nitriles is 1. The van der Waals surface area contributed by atoms with Crippen LogP contribution in [0.2, 0.25) is 0 Å². The van der Waals surface area contributed by atoms with Gasteiger partial charge in [-0.2, -0.15) is 5.26 Å². The number of benzene rings is 2. The Morgan fingerprint density at radius 2 is 2.11 bits per heavy atom. The van der Waals surface area contributed by atoms with E-state index in [0.717, 1.165) is 27.6 Å². The highest BCUT2D eigenvalue weighted by Crippen LogP contribution is 2.29. The highest BCUT2D eigenvalue weighted by atomic mass is 32.2. The van der Waals surface area contributed by atoms with Crippen molar-refractivity contribution in [2.45, 2.75) is 10.6 Å². The molecule has 3 nitrogen and oxygen atoms in total. The lowest BCUT2D eigenvalue weighted by Crippen LogP contribution is -1.92. The van der Waals surface area contributed by atoms with Gasteiger partial charge in [-0.1, -0.05) is 6.07 Å². The van der Waals surface area contributed by atoms with E-state index in [-0.39, 0.29) is 0 Å². The van der Waals surface area contributed by atoms with Crippen LogP contribution in [0.5, 0.6) is 5.75 Å². The maximum absolute atomic E-state index is 8.93. The third kappa shape index (κ3) is 3.43. The quantitative estimate of drug-likeness (QED) is 0.683. The molecule has 0 fully saturated rings. The number of hydrogen-bond acceptors (Lipinski definition) is 4. The summed E-state index contributed by atoms with van der Waals surface area (Å²) in [6.45, 7) is 0. The number of ether oxygens (including phenoxy) is 1. The normalized spacial score (nSPS) is 9.89. The van der Waals surface area contributed by atoms with E-state index in [1.807, 2.05) is 36.4 Å². The fourth-order valence-electron chi connectivity index (χ4n) is 1.73. The van der Waals surface area contributed by atoms with Crippen LogP contribution >= 0.6 is 11.8 Å². The van der Waals surface area contributed by atoms with Gasteiger partial charge >= 0.3 is 0 Å². The molecule has 96 valence electrons. The van der Waals surface area contributed by atoms with Crippen molar-refractivity contribution in [1.29, 1.82) is 5.26 Å². The Hall–Kier alpha value is -2.12. The molecule has 0 aromatic heterocycles. The van der Waals surface area contributed by atoms with Crippen molar-refractivity contribution in [2.75, 3.05) is 12.8 Å². The maximum atomic E-state index is 8.93. The van der Waals surface area contributed by atoms with E-state index < -0.39 is 0 Å². The van der Waals surface area contributed by atoms with Gasteiger partial charge in [0.05, 0.1) is 18.7 Å². The van der Waals surface area contributed by atoms with Crippen molar-refractivity contribution in [3.8, 4) is 11.8 Å². The van der Waals surface area contributed by atoms with Crippen LogP contribution in [0, 0.1) is 11.3 Å². The maximum Gasteiger partial charge on any atom is 0.122 e. The van der Waals surface area contributed by atoms with Crippen LogP contribution < -0.4 is 10.5 Å². The van der Waals surface area contributed by atoms with Gasteiger partial charge in [-0.3, -0.25) is 0 Å². The minimum absolute atomic E-state index is 0.643. The van der Waals surface area contributed by atoms with Gasteiger partial charge in [0.15, 0.2) is 0 Å². The van der Waals surface area contributed by atoms with Gasteiger partial charge in [-0.05, 0) is 36.4 Å². The molecule has 4 heteroatoms. The van der Waals surface area contributed by atoms with Gasteiger partial charge in [0.2, 0.25) is 0 Å². The smallest absolute Gasteiger partial charge is 0.122 e. The molecule has 2 aromatic carbocycles. The monoisotopic (exact) mass is 270 g/mol. The highest BCUT2D eigenvalue weighted by Gasteiger charge is 2.05. The van der Waals surface area contributed by atoms with Gasteiger partial charge in [-0.25, -0.2) is 0 Å². The fourth-order valence-corrected chi connectivity index (χ4v) is 2.67. The van der Waals surface area contributed by atoms with Gasteiger partial charge in [-0.15, -0.1) is 11.8 Å². The molecular weight excluding hydrogens is 256 g/mol. The molecular formula is C15H14N2OS. The Bertz CT molecular complexity index is 620. The van der Waals surface area contributed by atoms with E-state index in [4.69, 9.17) is 15.7 Å². The number of nitrogens with zero attached hydrogens (tertiary/aromatic N) is 1. The van der Waals surface area contributed by atoms with Gasteiger partial charge < -0.3 is 10.5 Å². The van der Waals surface area contributed by atoms with Crippen LogP contribution in [-0.2, 0) is 5.75 Å². The molecule has 2 aromatic rings. The van der Waals surface area contributed by atoms with Crippen LogP contribution in [0.3, 0.4) is 0 Å². The Morgan fingerprint density at radius 1 is 1.26 bits per heavy atom. The molecule has 0 bridgehead atoms. The molecule has 0 unspecified atom stereocenters. The SMILES string of the molecule is COc1ccc(C#N)cc1CSc1cccc(N)c1. The summed E-state index contributed by atoms with van der Waals surface area (Å²) in [6, 6.07) is 15.3. The summed E-state index contributed by atoms with van der Waals surface area (Å²) < 4.78 is 5.31. The fraction of sp³-hybridized carbons (Fsp3) is 0.133. The first-order valence-electron chi connectivity index (χ1n) is 5.78. The minimum atomic E-state index is 0.643. The standard InChI is InChI=1S/C15H14N2OS/c1-18-15-6-5-11(9-16)7-12(15)10-19-14-4-2-3-13(17)8-14/h2-8H,10,17H2,1H3. The highest BCUT2D eigenvalue weighted by molar-refractivity contribution is 7.98. The van der Waals surface area contributed by atoms with E-state index in [1.54, 1.807) is 24.9 Å². The van der Waals surface area contributed by atoms with Crippen molar-refractivity contribution in [2.24, 2.45) is 0 Å². The molecule has 0 aliphatic carbocycles. The van der Waals surface area contributed by atoms with E-state index in [2.05, 4.69) is 6.07 Å². The van der Waals surface area contributed by atoms with Crippen LogP contribution in [0.1, 0.15) is 11.1 Å². The Labute approximate surface area is 117 Å². The Balaban J connectivity index is 2.16. The second-order valence-electron chi connectivity index (χ2n) is 4.00. The number of rotatable bonds is 4. The average molecular weight is 270 g/mol. The predicted octanol–water partition coefficient (Wildman–Crippen LogP) is 3.44. The average Bonchev–Trinajstić information content (AvgIpc) is 2.45. The van der Waals surface area contributed by atoms with Crippen molar-refractivity contribution in [3.05, 3.63) is 53.6 Å². The van der Waals surface area contributed by atoms with Crippen LogP contribution in [0.4, 0.5) is 5.69 Å². The lowest BCUT2D eigenvalue weighted by molar-refractivity contribution is 0.411. The molecule has 2 N–H and O–H groups in total. The molecule has 0 atom stereocenters. The minimum Gasteiger partial charge on any atom is -0.496 e. The Kier molecular flexibility index (Phi) is 4.32. The first kappa shape index (κ1) is 13.3. The molecule has 0 aliphatic heterocycles. The van der Waals surface area contributed by atoms with Crippen LogP contribution in [0.15, 0.2) is 47.4 Å². The topological polar surface area (TPSA) is 59.0 Å². The zero-order chi connectivity index (χ0) is 13.7. The number of nitrogens with two attached hydrogens (primary N) is 1. The van der Waals surface area contributed by atoms with Crippen molar-refractivity contribution < 1.29 is 4.74 Å². The first-order valence-corrected chi connectivity index (χ1v) is 6.77. The van der Waals surface area contributed by atoms with Crippen molar-refractivity contribution >= 4 is 17.4 Å². The molecule has 0 aliphatic rings. The number of methoxy groups -OCH3 is 1. The predicted molar refractivity (Wildman–Crippen MR) is 78.1 cm³/mol. The second kappa shape index (κ2) is 6.17. The van der Waals surface area contributed by atoms with E-state index >= 15 is 0 Å². The molecule has 0 saturated carbocycles. The van der Waals surface area contributed by atoms with Crippen molar-refractivity contribution in [3.63, 3.8) is 0 Å². The van der Waals surface area contributed by atoms with Gasteiger partial charge in [0, 0.05) is 21.9 Å². The number of nitrogen functional groups attached to an aromatic ring is 1. The largest absolute Gasteiger partial charge is 0.496 e. The molecule has 0 heterocycles. The lowest BCUT2D eigenvalue weighted by atomic mass is 10.1. The number of anilines is 1. The summed E-state index contributed by atoms with van der Waals surface area (Å²) >= 11 is 1.67. The second-order valence-corrected chi connectivity index (χ2v) is 5.05. The summed E-state index contributed by atoms with van der Waals surface area (Å²) in [6.07, 6.45) is 0. The first-order chi connectivity index (χ1) is 9.22. The molecule has 0 spiro atoms. The van der Waals surface area contributed by atoms with Crippen LogP contribution in [-0.4, -0.2) is 7.11 Å². The summed E-state index contributed by atoms with van der Waals surface area (Å²) in [5, 5.41) is 8.93. The Morgan fingerprint density at radius 3 is 2.79 bits per heavy atom. The van der Waals surface area contributed by atoms with Crippen LogP contribution in [0.25, 0.3) is 0 Å². The summed E-state index contributed by atoms with van der Waals surface area (Å²) in [7, 11) is 1.63. The summed E-state index contributed by atoms with van der Waals surface area (Å²) in [5.74, 6) is 1.54. The number of thioether (sulfide) groups is 1. The lowest BCUT2D eigenvalue weighted by Gasteiger charge is -2.09. The van der Waals surface area contributed by atoms with Gasteiger partial charge in [0.1, 0.15) is 5.75 Å². The van der Waals surface area contributed by atoms with E-state index in [0.29, 0.717) is 5.56 Å². The zero-order valence-corrected chi connectivity index (χ0v) is 11.4.